The lowest BCUT2D eigenvalue weighted by Gasteiger charge is -2.10. The van der Waals surface area contributed by atoms with Gasteiger partial charge in [-0.15, -0.1) is 14.9 Å². The summed E-state index contributed by atoms with van der Waals surface area (Å²) in [6, 6.07) is 25.2. The number of carbonyl (C=O) groups is 1. The fourth-order valence-electron chi connectivity index (χ4n) is 4.18. The van der Waals surface area contributed by atoms with Crippen molar-refractivity contribution in [3.8, 4) is 22.5 Å². The van der Waals surface area contributed by atoms with Crippen molar-refractivity contribution in [2.24, 2.45) is 0 Å². The molecule has 0 spiro atoms. The number of hydrogen-bond acceptors (Lipinski definition) is 6. The quantitative estimate of drug-likeness (QED) is 0.378. The van der Waals surface area contributed by atoms with Gasteiger partial charge in [-0.25, -0.2) is 9.89 Å². The molecule has 0 radical (unpaired) electrons. The molecule has 9 nitrogen and oxygen atoms in total. The van der Waals surface area contributed by atoms with Crippen molar-refractivity contribution < 1.29 is 4.79 Å². The zero-order valence-corrected chi connectivity index (χ0v) is 20.0. The minimum absolute atomic E-state index is 0.0230. The average molecular weight is 480 g/mol. The molecule has 0 aliphatic heterocycles. The zero-order valence-electron chi connectivity index (χ0n) is 20.0. The van der Waals surface area contributed by atoms with E-state index in [4.69, 9.17) is 0 Å². The minimum atomic E-state index is -0.424. The number of hydrogen-bond donors (Lipinski definition) is 1. The van der Waals surface area contributed by atoms with E-state index in [1.54, 1.807) is 4.57 Å². The molecule has 5 aromatic rings. The third-order valence-electron chi connectivity index (χ3n) is 5.98. The van der Waals surface area contributed by atoms with Gasteiger partial charge in [0.25, 0.3) is 5.91 Å². The van der Waals surface area contributed by atoms with Gasteiger partial charge in [0.1, 0.15) is 5.82 Å². The monoisotopic (exact) mass is 479 g/mol. The number of benzene rings is 3. The molecule has 180 valence electrons. The number of aromatic amines is 1. The van der Waals surface area contributed by atoms with Crippen LogP contribution in [-0.2, 0) is 13.0 Å². The van der Waals surface area contributed by atoms with Crippen LogP contribution < -0.4 is 5.69 Å². The normalized spacial score (nSPS) is 11.2. The first-order valence-electron chi connectivity index (χ1n) is 11.7. The second-order valence-electron chi connectivity index (χ2n) is 8.84. The minimum Gasteiger partial charge on any atom is -0.274 e. The number of aromatic nitrogens is 7. The summed E-state index contributed by atoms with van der Waals surface area (Å²) in [6.45, 7) is 4.24. The summed E-state index contributed by atoms with van der Waals surface area (Å²) >= 11 is 0. The van der Waals surface area contributed by atoms with Crippen molar-refractivity contribution >= 4 is 5.91 Å². The van der Waals surface area contributed by atoms with Crippen LogP contribution in [0.1, 0.15) is 41.5 Å². The average Bonchev–Trinajstić information content (AvgIpc) is 3.54. The third-order valence-corrected chi connectivity index (χ3v) is 5.98. The Hall–Kier alpha value is -4.66. The third kappa shape index (κ3) is 4.63. The molecule has 0 saturated heterocycles. The Labute approximate surface area is 207 Å². The molecule has 0 aliphatic carbocycles. The summed E-state index contributed by atoms with van der Waals surface area (Å²) in [5.41, 5.74) is 4.22. The molecule has 2 aromatic heterocycles. The standard InChI is InChI=1S/C27H25N7O2/c1-18(2)26-30-34(24(35)16-19-8-4-3-5-9-19)27(36)33(26)17-20-12-14-21(15-13-20)22-10-6-7-11-23(22)25-28-31-32-29-25/h3-15,18H,16-17H2,1-2H3,(H,28,29,31,32). The van der Waals surface area contributed by atoms with E-state index in [1.165, 1.54) is 0 Å². The second-order valence-corrected chi connectivity index (χ2v) is 8.84. The number of H-pyrrole nitrogens is 1. The van der Waals surface area contributed by atoms with Crippen LogP contribution in [0, 0.1) is 0 Å². The van der Waals surface area contributed by atoms with Gasteiger partial charge in [-0.05, 0) is 32.7 Å². The highest BCUT2D eigenvalue weighted by molar-refractivity contribution is 5.81. The predicted octanol–water partition coefficient (Wildman–Crippen LogP) is 3.95. The largest absolute Gasteiger partial charge is 0.353 e. The van der Waals surface area contributed by atoms with Crippen molar-refractivity contribution in [2.45, 2.75) is 32.7 Å². The molecule has 9 heteroatoms. The van der Waals surface area contributed by atoms with Gasteiger partial charge in [0.15, 0.2) is 5.82 Å². The van der Waals surface area contributed by atoms with Gasteiger partial charge in [-0.3, -0.25) is 9.36 Å². The van der Waals surface area contributed by atoms with Crippen LogP contribution in [0.3, 0.4) is 0 Å². The van der Waals surface area contributed by atoms with Crippen molar-refractivity contribution in [3.05, 3.63) is 106 Å². The number of nitrogens with one attached hydrogen (secondary N) is 1. The molecule has 0 atom stereocenters. The smallest absolute Gasteiger partial charge is 0.274 e. The first kappa shape index (κ1) is 23.1. The van der Waals surface area contributed by atoms with E-state index in [0.717, 1.165) is 32.5 Å². The van der Waals surface area contributed by atoms with Crippen LogP contribution in [0.15, 0.2) is 83.7 Å². The molecular weight excluding hydrogens is 454 g/mol. The van der Waals surface area contributed by atoms with Crippen LogP contribution >= 0.6 is 0 Å². The van der Waals surface area contributed by atoms with Gasteiger partial charge < -0.3 is 0 Å². The lowest BCUT2D eigenvalue weighted by molar-refractivity contribution is 0.0892. The Balaban J connectivity index is 1.42. The SMILES string of the molecule is CC(C)c1nn(C(=O)Cc2ccccc2)c(=O)n1Cc1ccc(-c2ccccc2-c2nnn[nH]2)cc1. The molecule has 0 unspecified atom stereocenters. The fourth-order valence-corrected chi connectivity index (χ4v) is 4.18. The maximum atomic E-state index is 13.2. The number of rotatable bonds is 7. The lowest BCUT2D eigenvalue weighted by Crippen LogP contribution is -2.31. The molecule has 36 heavy (non-hydrogen) atoms. The molecule has 0 saturated carbocycles. The predicted molar refractivity (Wildman–Crippen MR) is 136 cm³/mol. The van der Waals surface area contributed by atoms with Crippen molar-refractivity contribution in [1.82, 2.24) is 35.0 Å². The van der Waals surface area contributed by atoms with Gasteiger partial charge >= 0.3 is 5.69 Å². The molecular formula is C27H25N7O2. The fraction of sp³-hybridized carbons (Fsp3) is 0.185. The summed E-state index contributed by atoms with van der Waals surface area (Å²) in [5, 5.41) is 18.6. The molecule has 0 bridgehead atoms. The van der Waals surface area contributed by atoms with Crippen molar-refractivity contribution in [2.75, 3.05) is 0 Å². The van der Waals surface area contributed by atoms with E-state index in [0.29, 0.717) is 18.2 Å². The van der Waals surface area contributed by atoms with E-state index < -0.39 is 5.69 Å². The molecule has 3 aromatic carbocycles. The molecule has 0 fully saturated rings. The highest BCUT2D eigenvalue weighted by atomic mass is 16.2. The summed E-state index contributed by atoms with van der Waals surface area (Å²) in [5.74, 6) is 0.801. The van der Waals surface area contributed by atoms with Crippen LogP contribution in [-0.4, -0.2) is 40.9 Å². The van der Waals surface area contributed by atoms with Crippen LogP contribution in [0.25, 0.3) is 22.5 Å². The Kier molecular flexibility index (Phi) is 6.36. The maximum Gasteiger partial charge on any atom is 0.353 e. The van der Waals surface area contributed by atoms with Crippen molar-refractivity contribution in [1.29, 1.82) is 0 Å². The molecule has 0 amide bonds. The van der Waals surface area contributed by atoms with Gasteiger partial charge in [0, 0.05) is 11.5 Å². The number of carbonyl (C=O) groups excluding carboxylic acids is 1. The van der Waals surface area contributed by atoms with E-state index in [1.807, 2.05) is 92.7 Å². The van der Waals surface area contributed by atoms with Gasteiger partial charge in [0.2, 0.25) is 0 Å². The Bertz CT molecular complexity index is 1530. The van der Waals surface area contributed by atoms with E-state index in [-0.39, 0.29) is 18.2 Å². The van der Waals surface area contributed by atoms with E-state index >= 15 is 0 Å². The molecule has 2 heterocycles. The first-order valence-corrected chi connectivity index (χ1v) is 11.7. The highest BCUT2D eigenvalue weighted by Gasteiger charge is 2.21. The van der Waals surface area contributed by atoms with Gasteiger partial charge in [-0.1, -0.05) is 92.7 Å². The van der Waals surface area contributed by atoms with E-state index in [9.17, 15) is 9.59 Å². The summed E-state index contributed by atoms with van der Waals surface area (Å²) in [6.07, 6.45) is 0.115. The number of nitrogens with zero attached hydrogens (tertiary/aromatic N) is 6. The van der Waals surface area contributed by atoms with Crippen LogP contribution in [0.5, 0.6) is 0 Å². The van der Waals surface area contributed by atoms with Gasteiger partial charge in [0.05, 0.1) is 13.0 Å². The van der Waals surface area contributed by atoms with Crippen LogP contribution in [0.2, 0.25) is 0 Å². The van der Waals surface area contributed by atoms with Crippen molar-refractivity contribution in [3.63, 3.8) is 0 Å². The van der Waals surface area contributed by atoms with E-state index in [2.05, 4.69) is 25.7 Å². The summed E-state index contributed by atoms with van der Waals surface area (Å²) in [4.78, 5) is 26.1. The second kappa shape index (κ2) is 9.91. The summed E-state index contributed by atoms with van der Waals surface area (Å²) < 4.78 is 2.58. The first-order chi connectivity index (χ1) is 17.5. The highest BCUT2D eigenvalue weighted by Crippen LogP contribution is 2.29. The zero-order chi connectivity index (χ0) is 25.1. The maximum absolute atomic E-state index is 13.2. The van der Waals surface area contributed by atoms with Gasteiger partial charge in [-0.2, -0.15) is 0 Å². The lowest BCUT2D eigenvalue weighted by atomic mass is 9.98. The molecule has 0 aliphatic rings. The Morgan fingerprint density at radius 3 is 2.25 bits per heavy atom. The summed E-state index contributed by atoms with van der Waals surface area (Å²) in [7, 11) is 0. The molecule has 1 N–H and O–H groups in total. The van der Waals surface area contributed by atoms with Crippen LogP contribution in [0.4, 0.5) is 0 Å². The Morgan fingerprint density at radius 1 is 0.889 bits per heavy atom. The molecule has 5 rings (SSSR count). The Morgan fingerprint density at radius 2 is 1.58 bits per heavy atom. The topological polar surface area (TPSA) is 111 Å². The number of tetrazole rings is 1.